The molecule has 6 N–H and O–H groups in total. The van der Waals surface area contributed by atoms with Gasteiger partial charge in [0, 0.05) is 11.4 Å². The molecule has 0 aliphatic heterocycles. The summed E-state index contributed by atoms with van der Waals surface area (Å²) in [5.41, 5.74) is 11.1. The number of carbonyl (C=O) groups is 3. The van der Waals surface area contributed by atoms with Crippen molar-refractivity contribution in [1.82, 2.24) is 20.4 Å². The largest absolute Gasteiger partial charge is 0.481 e. The number of esters is 1. The SMILES string of the molecule is COC(=O)NNc1nc(Nc2ccc(N)c(C(=O)OC)c2)nc(SCC(=O)O)n1. The number of amides is 1. The van der Waals surface area contributed by atoms with Crippen molar-refractivity contribution in [3.05, 3.63) is 23.8 Å². The number of methoxy groups -OCH3 is 2. The van der Waals surface area contributed by atoms with E-state index in [9.17, 15) is 14.4 Å². The minimum absolute atomic E-state index is 0.0163. The quantitative estimate of drug-likeness (QED) is 0.174. The van der Waals surface area contributed by atoms with E-state index in [0.717, 1.165) is 11.8 Å². The molecule has 0 atom stereocenters. The average Bonchev–Trinajstić information content (AvgIpc) is 2.71. The Morgan fingerprint density at radius 1 is 1.14 bits per heavy atom. The molecule has 154 valence electrons. The fourth-order valence-corrected chi connectivity index (χ4v) is 2.42. The summed E-state index contributed by atoms with van der Waals surface area (Å²) in [5.74, 6) is -2.04. The molecule has 1 aromatic carbocycles. The number of thioether (sulfide) groups is 1. The van der Waals surface area contributed by atoms with Gasteiger partial charge in [0.25, 0.3) is 0 Å². The number of benzene rings is 1. The highest BCUT2D eigenvalue weighted by molar-refractivity contribution is 7.99. The van der Waals surface area contributed by atoms with Crippen LogP contribution in [0.3, 0.4) is 0 Å². The van der Waals surface area contributed by atoms with Crippen LogP contribution in [-0.4, -0.2) is 58.1 Å². The lowest BCUT2D eigenvalue weighted by Crippen LogP contribution is -2.30. The fourth-order valence-electron chi connectivity index (χ4n) is 1.87. The zero-order valence-electron chi connectivity index (χ0n) is 15.3. The van der Waals surface area contributed by atoms with Crippen LogP contribution in [-0.2, 0) is 14.3 Å². The van der Waals surface area contributed by atoms with Crippen LogP contribution in [0.25, 0.3) is 0 Å². The third-order valence-electron chi connectivity index (χ3n) is 3.12. The monoisotopic (exact) mass is 423 g/mol. The number of aromatic nitrogens is 3. The molecule has 13 nitrogen and oxygen atoms in total. The Bertz CT molecular complexity index is 926. The van der Waals surface area contributed by atoms with Gasteiger partial charge < -0.3 is 25.6 Å². The van der Waals surface area contributed by atoms with E-state index in [-0.39, 0.29) is 34.1 Å². The number of nitrogens with zero attached hydrogens (tertiary/aromatic N) is 3. The Hall–Kier alpha value is -3.81. The summed E-state index contributed by atoms with van der Waals surface area (Å²) >= 11 is 0.842. The van der Waals surface area contributed by atoms with Crippen LogP contribution >= 0.6 is 11.8 Å². The lowest BCUT2D eigenvalue weighted by Gasteiger charge is -2.11. The van der Waals surface area contributed by atoms with Crippen LogP contribution in [0.2, 0.25) is 0 Å². The number of anilines is 4. The van der Waals surface area contributed by atoms with Gasteiger partial charge in [0.05, 0.1) is 25.5 Å². The van der Waals surface area contributed by atoms with Crippen molar-refractivity contribution in [2.45, 2.75) is 5.16 Å². The lowest BCUT2D eigenvalue weighted by molar-refractivity contribution is -0.133. The number of nitrogens with two attached hydrogens (primary N) is 1. The molecular formula is C15H17N7O6S. The van der Waals surface area contributed by atoms with Crippen LogP contribution in [0.4, 0.5) is 28.1 Å². The number of nitrogen functional groups attached to an aromatic ring is 1. The Kier molecular flexibility index (Phi) is 7.36. The number of aliphatic carboxylic acids is 1. The second-order valence-corrected chi connectivity index (χ2v) is 6.05. The van der Waals surface area contributed by atoms with E-state index in [1.165, 1.54) is 26.4 Å². The first-order chi connectivity index (χ1) is 13.8. The molecule has 1 heterocycles. The minimum Gasteiger partial charge on any atom is -0.481 e. The Labute approximate surface area is 168 Å². The minimum atomic E-state index is -1.06. The van der Waals surface area contributed by atoms with Crippen LogP contribution in [0.1, 0.15) is 10.4 Å². The number of carboxylic acids is 1. The maximum atomic E-state index is 11.8. The zero-order valence-corrected chi connectivity index (χ0v) is 16.1. The second kappa shape index (κ2) is 9.93. The smallest absolute Gasteiger partial charge is 0.425 e. The first-order valence-electron chi connectivity index (χ1n) is 7.78. The maximum Gasteiger partial charge on any atom is 0.425 e. The van der Waals surface area contributed by atoms with Gasteiger partial charge in [-0.3, -0.25) is 10.2 Å². The number of nitrogens with one attached hydrogen (secondary N) is 3. The highest BCUT2D eigenvalue weighted by Gasteiger charge is 2.13. The molecule has 0 fully saturated rings. The molecule has 0 saturated carbocycles. The molecule has 1 aromatic heterocycles. The van der Waals surface area contributed by atoms with Gasteiger partial charge in [0.2, 0.25) is 11.9 Å². The van der Waals surface area contributed by atoms with E-state index in [1.807, 2.05) is 0 Å². The van der Waals surface area contributed by atoms with Gasteiger partial charge in [0.15, 0.2) is 5.16 Å². The molecule has 0 aliphatic rings. The molecule has 0 aliphatic carbocycles. The number of carbonyl (C=O) groups excluding carboxylic acids is 2. The van der Waals surface area contributed by atoms with Crippen molar-refractivity contribution >= 4 is 53.1 Å². The van der Waals surface area contributed by atoms with Gasteiger partial charge in [-0.15, -0.1) is 0 Å². The van der Waals surface area contributed by atoms with Crippen molar-refractivity contribution in [2.75, 3.05) is 36.4 Å². The van der Waals surface area contributed by atoms with Crippen LogP contribution in [0.15, 0.2) is 23.4 Å². The van der Waals surface area contributed by atoms with Gasteiger partial charge >= 0.3 is 18.0 Å². The van der Waals surface area contributed by atoms with E-state index in [4.69, 9.17) is 10.8 Å². The van der Waals surface area contributed by atoms with E-state index < -0.39 is 18.0 Å². The maximum absolute atomic E-state index is 11.8. The number of hydrogen-bond donors (Lipinski definition) is 5. The second-order valence-electron chi connectivity index (χ2n) is 5.11. The highest BCUT2D eigenvalue weighted by Crippen LogP contribution is 2.23. The molecule has 14 heteroatoms. The summed E-state index contributed by atoms with van der Waals surface area (Å²) in [6.07, 6.45) is -0.791. The van der Waals surface area contributed by atoms with Crippen molar-refractivity contribution in [3.63, 3.8) is 0 Å². The van der Waals surface area contributed by atoms with Crippen molar-refractivity contribution < 1.29 is 29.0 Å². The Balaban J connectivity index is 2.29. The number of hydrazine groups is 1. The number of rotatable bonds is 8. The van der Waals surface area contributed by atoms with Gasteiger partial charge in [-0.25, -0.2) is 15.0 Å². The van der Waals surface area contributed by atoms with Crippen molar-refractivity contribution in [2.24, 2.45) is 0 Å². The first kappa shape index (κ1) is 21.5. The lowest BCUT2D eigenvalue weighted by atomic mass is 10.1. The number of carboxylic acid groups (broad SMARTS) is 1. The third kappa shape index (κ3) is 6.39. The molecule has 0 bridgehead atoms. The summed E-state index contributed by atoms with van der Waals surface area (Å²) in [4.78, 5) is 45.9. The Morgan fingerprint density at radius 2 is 1.86 bits per heavy atom. The molecular weight excluding hydrogens is 406 g/mol. The van der Waals surface area contributed by atoms with E-state index in [1.54, 1.807) is 6.07 Å². The third-order valence-corrected chi connectivity index (χ3v) is 3.95. The van der Waals surface area contributed by atoms with E-state index in [2.05, 4.69) is 40.6 Å². The summed E-state index contributed by atoms with van der Waals surface area (Å²) in [6, 6.07) is 4.51. The normalized spacial score (nSPS) is 10.0. The number of ether oxygens (including phenoxy) is 2. The molecule has 0 spiro atoms. The molecule has 0 unspecified atom stereocenters. The van der Waals surface area contributed by atoms with Gasteiger partial charge in [-0.2, -0.15) is 15.0 Å². The standard InChI is InChI=1S/C15H17N7O6S/c1-27-11(25)8-5-7(3-4-9(8)16)17-12-18-13(21-22-15(26)28-2)20-14(19-12)29-6-10(23)24/h3-5H,6,16H2,1-2H3,(H,22,26)(H,23,24)(H2,17,18,19,20,21). The van der Waals surface area contributed by atoms with Gasteiger partial charge in [0.1, 0.15) is 0 Å². The van der Waals surface area contributed by atoms with Crippen molar-refractivity contribution in [1.29, 1.82) is 0 Å². The predicted octanol–water partition coefficient (Wildman–Crippen LogP) is 0.844. The first-order valence-corrected chi connectivity index (χ1v) is 8.76. The summed E-state index contributed by atoms with van der Waals surface area (Å²) in [7, 11) is 2.40. The number of hydrogen-bond acceptors (Lipinski definition) is 12. The van der Waals surface area contributed by atoms with Crippen LogP contribution in [0, 0.1) is 0 Å². The van der Waals surface area contributed by atoms with Crippen LogP contribution in [0.5, 0.6) is 0 Å². The summed E-state index contributed by atoms with van der Waals surface area (Å²) < 4.78 is 9.10. The topological polar surface area (TPSA) is 191 Å². The molecule has 2 aromatic rings. The van der Waals surface area contributed by atoms with Gasteiger partial charge in [-0.1, -0.05) is 11.8 Å². The molecule has 29 heavy (non-hydrogen) atoms. The fraction of sp³-hybridized carbons (Fsp3) is 0.200. The summed E-state index contributed by atoms with van der Waals surface area (Å²) in [6.45, 7) is 0. The molecule has 2 rings (SSSR count). The summed E-state index contributed by atoms with van der Waals surface area (Å²) in [5, 5.41) is 11.8. The molecule has 0 saturated heterocycles. The zero-order chi connectivity index (χ0) is 21.4. The Morgan fingerprint density at radius 3 is 2.52 bits per heavy atom. The van der Waals surface area contributed by atoms with E-state index >= 15 is 0 Å². The highest BCUT2D eigenvalue weighted by atomic mass is 32.2. The van der Waals surface area contributed by atoms with Crippen molar-refractivity contribution in [3.8, 4) is 0 Å². The predicted molar refractivity (Wildman–Crippen MR) is 103 cm³/mol. The average molecular weight is 423 g/mol. The van der Waals surface area contributed by atoms with Crippen LogP contribution < -0.4 is 21.9 Å². The van der Waals surface area contributed by atoms with E-state index in [0.29, 0.717) is 5.69 Å². The van der Waals surface area contributed by atoms with Gasteiger partial charge in [-0.05, 0) is 18.2 Å². The molecule has 0 radical (unpaired) electrons. The molecule has 1 amide bonds.